The van der Waals surface area contributed by atoms with Crippen LogP contribution in [0.15, 0.2) is 29.4 Å². The maximum absolute atomic E-state index is 12.1. The lowest BCUT2D eigenvalue weighted by Crippen LogP contribution is -2.40. The number of carbonyl (C=O) groups is 2. The van der Waals surface area contributed by atoms with Gasteiger partial charge < -0.3 is 14.6 Å². The van der Waals surface area contributed by atoms with Crippen molar-refractivity contribution in [1.29, 1.82) is 0 Å². The number of hydrogen-bond donors (Lipinski definition) is 1. The standard InChI is InChI=1S/C19H25N3O3S/c1-2-6-17(23)21-10-5-7-14(11-21)13-26-19-20-15-8-3-4-9-16(15)22(19)12-18(24)25/h3-4,8-9,14H,2,5-7,10-13H2,1H3,(H,24,25)/t14-/m1/s1. The van der Waals surface area contributed by atoms with Crippen molar-refractivity contribution in [3.05, 3.63) is 24.3 Å². The van der Waals surface area contributed by atoms with E-state index in [1.165, 1.54) is 0 Å². The molecule has 0 spiro atoms. The Morgan fingerprint density at radius 3 is 2.92 bits per heavy atom. The highest BCUT2D eigenvalue weighted by molar-refractivity contribution is 7.99. The Balaban J connectivity index is 1.69. The lowest BCUT2D eigenvalue weighted by atomic mass is 10.00. The van der Waals surface area contributed by atoms with Gasteiger partial charge in [0.15, 0.2) is 5.16 Å². The summed E-state index contributed by atoms with van der Waals surface area (Å²) in [6.07, 6.45) is 3.64. The third-order valence-electron chi connectivity index (χ3n) is 4.70. The molecule has 26 heavy (non-hydrogen) atoms. The van der Waals surface area contributed by atoms with E-state index in [2.05, 4.69) is 4.98 Å². The van der Waals surface area contributed by atoms with Crippen molar-refractivity contribution in [2.45, 2.75) is 44.3 Å². The molecule has 0 aliphatic carbocycles. The number of hydrogen-bond acceptors (Lipinski definition) is 4. The molecule has 1 saturated heterocycles. The largest absolute Gasteiger partial charge is 0.480 e. The maximum atomic E-state index is 12.1. The Hall–Kier alpha value is -2.02. The second-order valence-corrected chi connectivity index (χ2v) is 7.76. The van der Waals surface area contributed by atoms with Crippen LogP contribution in [0.1, 0.15) is 32.6 Å². The number of rotatable bonds is 7. The fraction of sp³-hybridized carbons (Fsp3) is 0.526. The highest BCUT2D eigenvalue weighted by Gasteiger charge is 2.24. The smallest absolute Gasteiger partial charge is 0.323 e. The average molecular weight is 375 g/mol. The summed E-state index contributed by atoms with van der Waals surface area (Å²) in [5.41, 5.74) is 1.67. The van der Waals surface area contributed by atoms with Gasteiger partial charge in [-0.2, -0.15) is 0 Å². The summed E-state index contributed by atoms with van der Waals surface area (Å²) in [5.74, 6) is 0.649. The predicted molar refractivity (Wildman–Crippen MR) is 102 cm³/mol. The topological polar surface area (TPSA) is 75.4 Å². The van der Waals surface area contributed by atoms with Gasteiger partial charge in [0, 0.05) is 25.3 Å². The quantitative estimate of drug-likeness (QED) is 0.752. The van der Waals surface area contributed by atoms with E-state index in [4.69, 9.17) is 0 Å². The molecule has 2 aromatic rings. The van der Waals surface area contributed by atoms with Crippen LogP contribution in [0.5, 0.6) is 0 Å². The molecule has 7 heteroatoms. The molecule has 3 rings (SSSR count). The molecule has 0 saturated carbocycles. The Morgan fingerprint density at radius 1 is 1.35 bits per heavy atom. The zero-order valence-electron chi connectivity index (χ0n) is 15.1. The van der Waals surface area contributed by atoms with Crippen LogP contribution in [0.2, 0.25) is 0 Å². The zero-order valence-corrected chi connectivity index (χ0v) is 15.9. The molecule has 1 aromatic carbocycles. The van der Waals surface area contributed by atoms with E-state index < -0.39 is 5.97 Å². The first-order chi connectivity index (χ1) is 12.6. The van der Waals surface area contributed by atoms with Gasteiger partial charge in [-0.15, -0.1) is 0 Å². The molecule has 6 nitrogen and oxygen atoms in total. The number of piperidine rings is 1. The minimum Gasteiger partial charge on any atom is -0.480 e. The molecule has 1 N–H and O–H groups in total. The third kappa shape index (κ3) is 4.38. The summed E-state index contributed by atoms with van der Waals surface area (Å²) in [6.45, 7) is 3.60. The number of aromatic nitrogens is 2. The second-order valence-electron chi connectivity index (χ2n) is 6.77. The van der Waals surface area contributed by atoms with Crippen molar-refractivity contribution in [2.24, 2.45) is 5.92 Å². The van der Waals surface area contributed by atoms with Crippen LogP contribution in [0.4, 0.5) is 0 Å². The lowest BCUT2D eigenvalue weighted by Gasteiger charge is -2.32. The number of benzene rings is 1. The van der Waals surface area contributed by atoms with Gasteiger partial charge in [-0.3, -0.25) is 9.59 Å². The van der Waals surface area contributed by atoms with Crippen molar-refractivity contribution >= 4 is 34.7 Å². The molecule has 140 valence electrons. The predicted octanol–water partition coefficient (Wildman–Crippen LogP) is 3.25. The molecule has 0 bridgehead atoms. The fourth-order valence-electron chi connectivity index (χ4n) is 3.44. The number of amides is 1. The number of para-hydroxylation sites is 2. The molecule has 0 radical (unpaired) electrons. The second kappa shape index (κ2) is 8.58. The number of thioether (sulfide) groups is 1. The Bertz CT molecular complexity index is 789. The monoisotopic (exact) mass is 375 g/mol. The first-order valence-corrected chi connectivity index (χ1v) is 10.1. The lowest BCUT2D eigenvalue weighted by molar-refractivity contribution is -0.137. The van der Waals surface area contributed by atoms with Crippen molar-refractivity contribution in [3.8, 4) is 0 Å². The van der Waals surface area contributed by atoms with Gasteiger partial charge in [-0.05, 0) is 37.3 Å². The summed E-state index contributed by atoms with van der Waals surface area (Å²) in [6, 6.07) is 7.62. The van der Waals surface area contributed by atoms with E-state index in [-0.39, 0.29) is 12.5 Å². The third-order valence-corrected chi connectivity index (χ3v) is 5.90. The highest BCUT2D eigenvalue weighted by atomic mass is 32.2. The molecule has 2 heterocycles. The van der Waals surface area contributed by atoms with Crippen molar-refractivity contribution in [1.82, 2.24) is 14.5 Å². The molecular formula is C19H25N3O3S. The van der Waals surface area contributed by atoms with Gasteiger partial charge in [0.05, 0.1) is 11.0 Å². The number of carbonyl (C=O) groups excluding carboxylic acids is 1. The van der Waals surface area contributed by atoms with Gasteiger partial charge >= 0.3 is 5.97 Å². The first-order valence-electron chi connectivity index (χ1n) is 9.16. The van der Waals surface area contributed by atoms with E-state index in [1.54, 1.807) is 16.3 Å². The SMILES string of the molecule is CCCC(=O)N1CCC[C@@H](CSc2nc3ccccc3n2CC(=O)O)C1. The van der Waals surface area contributed by atoms with Crippen LogP contribution in [0, 0.1) is 5.92 Å². The average Bonchev–Trinajstić information content (AvgIpc) is 2.97. The molecular weight excluding hydrogens is 350 g/mol. The van der Waals surface area contributed by atoms with Gasteiger partial charge in [-0.25, -0.2) is 4.98 Å². The summed E-state index contributed by atoms with van der Waals surface area (Å²) in [4.78, 5) is 30.0. The van der Waals surface area contributed by atoms with E-state index in [9.17, 15) is 14.7 Å². The van der Waals surface area contributed by atoms with Crippen LogP contribution < -0.4 is 0 Å². The zero-order chi connectivity index (χ0) is 18.5. The van der Waals surface area contributed by atoms with Crippen LogP contribution in [0.3, 0.4) is 0 Å². The summed E-state index contributed by atoms with van der Waals surface area (Å²) < 4.78 is 1.77. The first kappa shape index (κ1) is 18.8. The van der Waals surface area contributed by atoms with E-state index in [0.29, 0.717) is 12.3 Å². The number of aliphatic carboxylic acids is 1. The number of carboxylic acid groups (broad SMARTS) is 1. The molecule has 1 aliphatic heterocycles. The van der Waals surface area contributed by atoms with Crippen molar-refractivity contribution in [3.63, 3.8) is 0 Å². The number of likely N-dealkylation sites (tertiary alicyclic amines) is 1. The summed E-state index contributed by atoms with van der Waals surface area (Å²) >= 11 is 1.60. The maximum Gasteiger partial charge on any atom is 0.323 e. The minimum absolute atomic E-state index is 0.0887. The number of carboxylic acids is 1. The van der Waals surface area contributed by atoms with Crippen molar-refractivity contribution < 1.29 is 14.7 Å². The van der Waals surface area contributed by atoms with E-state index in [0.717, 1.165) is 54.3 Å². The molecule has 1 atom stereocenters. The Morgan fingerprint density at radius 2 is 2.15 bits per heavy atom. The minimum atomic E-state index is -0.871. The fourth-order valence-corrected chi connectivity index (χ4v) is 4.58. The highest BCUT2D eigenvalue weighted by Crippen LogP contribution is 2.28. The van der Waals surface area contributed by atoms with Crippen LogP contribution in [-0.2, 0) is 16.1 Å². The van der Waals surface area contributed by atoms with Gasteiger partial charge in [0.2, 0.25) is 5.91 Å². The molecule has 1 aliphatic rings. The molecule has 1 fully saturated rings. The number of fused-ring (bicyclic) bond motifs is 1. The normalized spacial score (nSPS) is 17.6. The summed E-state index contributed by atoms with van der Waals surface area (Å²) in [7, 11) is 0. The van der Waals surface area contributed by atoms with E-state index >= 15 is 0 Å². The number of imidazole rings is 1. The van der Waals surface area contributed by atoms with Crippen molar-refractivity contribution in [2.75, 3.05) is 18.8 Å². The Kier molecular flexibility index (Phi) is 6.19. The van der Waals surface area contributed by atoms with Crippen LogP contribution >= 0.6 is 11.8 Å². The van der Waals surface area contributed by atoms with Crippen LogP contribution in [0.25, 0.3) is 11.0 Å². The Labute approximate surface area is 157 Å². The van der Waals surface area contributed by atoms with Gasteiger partial charge in [-0.1, -0.05) is 30.8 Å². The number of nitrogens with zero attached hydrogens (tertiary/aromatic N) is 3. The van der Waals surface area contributed by atoms with Gasteiger partial charge in [0.25, 0.3) is 0 Å². The van der Waals surface area contributed by atoms with Crippen LogP contribution in [-0.4, -0.2) is 50.3 Å². The summed E-state index contributed by atoms with van der Waals surface area (Å²) in [5, 5.41) is 9.97. The molecule has 1 amide bonds. The van der Waals surface area contributed by atoms with Gasteiger partial charge in [0.1, 0.15) is 6.54 Å². The molecule has 0 unspecified atom stereocenters. The van der Waals surface area contributed by atoms with E-state index in [1.807, 2.05) is 36.1 Å². The molecule has 1 aromatic heterocycles.